The van der Waals surface area contributed by atoms with Crippen molar-refractivity contribution in [3.05, 3.63) is 41.2 Å². The number of carboxylic acid groups (broad SMARTS) is 1. The van der Waals surface area contributed by atoms with Gasteiger partial charge in [-0.15, -0.1) is 25.5 Å². The van der Waals surface area contributed by atoms with Gasteiger partial charge >= 0.3 is 5.97 Å². The second-order valence-electron chi connectivity index (χ2n) is 5.95. The van der Waals surface area contributed by atoms with E-state index in [9.17, 15) is 9.90 Å². The molecule has 3 heterocycles. The topological polar surface area (TPSA) is 160 Å². The van der Waals surface area contributed by atoms with Gasteiger partial charge in [-0.1, -0.05) is 36.5 Å². The predicted molar refractivity (Wildman–Crippen MR) is 101 cm³/mol. The van der Waals surface area contributed by atoms with Gasteiger partial charge in [-0.2, -0.15) is 4.63 Å². The van der Waals surface area contributed by atoms with E-state index in [0.29, 0.717) is 40.1 Å². The first-order chi connectivity index (χ1) is 13.6. The highest BCUT2D eigenvalue weighted by molar-refractivity contribution is 7.13. The molecule has 3 aromatic heterocycles. The van der Waals surface area contributed by atoms with Gasteiger partial charge in [0.15, 0.2) is 11.5 Å². The molecule has 142 valence electrons. The number of aromatic nitrogens is 6. The fourth-order valence-corrected chi connectivity index (χ4v) is 2.99. The lowest BCUT2D eigenvalue weighted by Gasteiger charge is -2.04. The normalized spacial score (nSPS) is 12.8. The number of rotatable bonds is 6. The summed E-state index contributed by atoms with van der Waals surface area (Å²) in [4.78, 5) is 16.2. The van der Waals surface area contributed by atoms with Gasteiger partial charge in [-0.05, 0) is 6.07 Å². The number of nitrogens with zero attached hydrogens (tertiary/aromatic N) is 7. The fourth-order valence-electron chi connectivity index (χ4n) is 2.62. The average molecular weight is 397 g/mol. The number of azo groups is 1. The molecule has 4 rings (SSSR count). The summed E-state index contributed by atoms with van der Waals surface area (Å²) in [5.41, 5.74) is 9.02. The summed E-state index contributed by atoms with van der Waals surface area (Å²) in [7, 11) is 0. The van der Waals surface area contributed by atoms with Crippen LogP contribution >= 0.6 is 11.3 Å². The summed E-state index contributed by atoms with van der Waals surface area (Å²) in [6.45, 7) is 2.31. The standard InChI is InChI=1S/C16H15N9O2S/c1-8(6-17)13-19-14-12(20-22-16-21-18-7-28-16)11(23-25(14)24-13)9-4-2-3-5-10(9)15(26)27/h2-5,7-8,23H,6,17H2,1H3,(H,26,27). The highest BCUT2D eigenvalue weighted by Crippen LogP contribution is 2.36. The lowest BCUT2D eigenvalue weighted by Crippen LogP contribution is -2.10. The van der Waals surface area contributed by atoms with E-state index in [1.807, 2.05) is 6.92 Å². The van der Waals surface area contributed by atoms with E-state index in [1.165, 1.54) is 22.0 Å². The SMILES string of the molecule is CC(CN)c1nc2c(N=Nc3nncs3)c(-c3ccccc3C(=O)O)[nH]n2n1. The second-order valence-corrected chi connectivity index (χ2v) is 6.76. The third-order valence-electron chi connectivity index (χ3n) is 4.10. The van der Waals surface area contributed by atoms with Gasteiger partial charge in [-0.25, -0.2) is 9.78 Å². The lowest BCUT2D eigenvalue weighted by atomic mass is 10.0. The number of H-pyrrole nitrogens is 1. The van der Waals surface area contributed by atoms with Crippen molar-refractivity contribution in [2.24, 2.45) is 16.0 Å². The molecule has 1 atom stereocenters. The number of aromatic amines is 1. The second kappa shape index (κ2) is 7.25. The predicted octanol–water partition coefficient (Wildman–Crippen LogP) is 2.75. The zero-order chi connectivity index (χ0) is 19.7. The number of nitrogens with one attached hydrogen (secondary N) is 1. The molecule has 12 heteroatoms. The first-order valence-corrected chi connectivity index (χ1v) is 9.15. The van der Waals surface area contributed by atoms with Crippen LogP contribution in [0, 0.1) is 0 Å². The van der Waals surface area contributed by atoms with E-state index < -0.39 is 5.97 Å². The smallest absolute Gasteiger partial charge is 0.336 e. The Morgan fingerprint density at radius 3 is 2.93 bits per heavy atom. The minimum Gasteiger partial charge on any atom is -0.478 e. The number of carbonyl (C=O) groups is 1. The maximum atomic E-state index is 11.7. The molecule has 4 aromatic rings. The molecular weight excluding hydrogens is 382 g/mol. The van der Waals surface area contributed by atoms with Crippen LogP contribution in [0.25, 0.3) is 16.9 Å². The number of aromatic carboxylic acids is 1. The Kier molecular flexibility index (Phi) is 4.63. The van der Waals surface area contributed by atoms with Crippen LogP contribution in [0.1, 0.15) is 29.0 Å². The zero-order valence-corrected chi connectivity index (χ0v) is 15.5. The Bertz CT molecular complexity index is 1160. The van der Waals surface area contributed by atoms with Crippen molar-refractivity contribution < 1.29 is 9.90 Å². The van der Waals surface area contributed by atoms with Crippen molar-refractivity contribution in [3.63, 3.8) is 0 Å². The summed E-state index contributed by atoms with van der Waals surface area (Å²) in [5, 5.41) is 33.3. The molecule has 0 saturated heterocycles. The van der Waals surface area contributed by atoms with Gasteiger partial charge in [0.2, 0.25) is 5.65 Å². The van der Waals surface area contributed by atoms with Crippen molar-refractivity contribution >= 4 is 33.8 Å². The number of carboxylic acids is 1. The first-order valence-electron chi connectivity index (χ1n) is 8.27. The molecule has 0 fully saturated rings. The van der Waals surface area contributed by atoms with Crippen molar-refractivity contribution in [2.75, 3.05) is 6.54 Å². The van der Waals surface area contributed by atoms with Gasteiger partial charge in [0.25, 0.3) is 5.13 Å². The minimum atomic E-state index is -1.06. The molecule has 0 aliphatic rings. The number of fused-ring (bicyclic) bond motifs is 1. The summed E-state index contributed by atoms with van der Waals surface area (Å²) < 4.78 is 1.45. The van der Waals surface area contributed by atoms with Gasteiger partial charge in [-0.3, -0.25) is 5.10 Å². The van der Waals surface area contributed by atoms with Gasteiger partial charge in [0, 0.05) is 18.0 Å². The summed E-state index contributed by atoms with van der Waals surface area (Å²) in [5.74, 6) is -0.546. The molecule has 4 N–H and O–H groups in total. The molecule has 0 spiro atoms. The Labute approximate surface area is 161 Å². The molecule has 0 amide bonds. The first kappa shape index (κ1) is 17.9. The van der Waals surface area contributed by atoms with Gasteiger partial charge < -0.3 is 10.8 Å². The highest BCUT2D eigenvalue weighted by atomic mass is 32.1. The summed E-state index contributed by atoms with van der Waals surface area (Å²) >= 11 is 1.23. The van der Waals surface area contributed by atoms with Crippen LogP contribution in [-0.2, 0) is 0 Å². The van der Waals surface area contributed by atoms with Crippen LogP contribution < -0.4 is 5.73 Å². The van der Waals surface area contributed by atoms with Crippen LogP contribution in [0.4, 0.5) is 10.8 Å². The van der Waals surface area contributed by atoms with Crippen molar-refractivity contribution in [1.29, 1.82) is 0 Å². The number of nitrogens with two attached hydrogens (primary N) is 1. The third-order valence-corrected chi connectivity index (χ3v) is 4.67. The summed E-state index contributed by atoms with van der Waals surface area (Å²) in [6, 6.07) is 6.60. The molecule has 0 aliphatic heterocycles. The summed E-state index contributed by atoms with van der Waals surface area (Å²) in [6.07, 6.45) is 0. The van der Waals surface area contributed by atoms with Crippen LogP contribution in [0.3, 0.4) is 0 Å². The van der Waals surface area contributed by atoms with Crippen LogP contribution in [0.15, 0.2) is 40.0 Å². The van der Waals surface area contributed by atoms with E-state index in [0.717, 1.165) is 0 Å². The van der Waals surface area contributed by atoms with Gasteiger partial charge in [0.1, 0.15) is 5.51 Å². The molecule has 1 aromatic carbocycles. The largest absolute Gasteiger partial charge is 0.478 e. The molecule has 0 radical (unpaired) electrons. The Morgan fingerprint density at radius 2 is 2.21 bits per heavy atom. The number of hydrogen-bond acceptors (Lipinski definition) is 9. The van der Waals surface area contributed by atoms with Crippen molar-refractivity contribution in [2.45, 2.75) is 12.8 Å². The average Bonchev–Trinajstić information content (AvgIpc) is 3.42. The molecule has 0 saturated carbocycles. The molecule has 0 bridgehead atoms. The maximum Gasteiger partial charge on any atom is 0.336 e. The Morgan fingerprint density at radius 1 is 1.39 bits per heavy atom. The number of benzene rings is 1. The Balaban J connectivity index is 1.92. The van der Waals surface area contributed by atoms with E-state index in [1.54, 1.807) is 23.7 Å². The molecule has 28 heavy (non-hydrogen) atoms. The lowest BCUT2D eigenvalue weighted by molar-refractivity contribution is 0.0697. The Hall–Kier alpha value is -3.51. The maximum absolute atomic E-state index is 11.7. The molecular formula is C16H15N9O2S. The van der Waals surface area contributed by atoms with E-state index in [4.69, 9.17) is 5.73 Å². The third kappa shape index (κ3) is 3.14. The van der Waals surface area contributed by atoms with Crippen LogP contribution in [0.5, 0.6) is 0 Å². The van der Waals surface area contributed by atoms with E-state index in [-0.39, 0.29) is 11.5 Å². The quantitative estimate of drug-likeness (QED) is 0.422. The minimum absolute atomic E-state index is 0.0454. The monoisotopic (exact) mass is 397 g/mol. The van der Waals surface area contributed by atoms with Gasteiger partial charge in [0.05, 0.1) is 11.3 Å². The molecule has 0 aliphatic carbocycles. The van der Waals surface area contributed by atoms with Crippen LogP contribution in [-0.4, -0.2) is 47.6 Å². The fraction of sp³-hybridized carbons (Fsp3) is 0.188. The van der Waals surface area contributed by atoms with E-state index >= 15 is 0 Å². The van der Waals surface area contributed by atoms with E-state index in [2.05, 4.69) is 35.6 Å². The zero-order valence-electron chi connectivity index (χ0n) is 14.6. The number of hydrogen-bond donors (Lipinski definition) is 3. The van der Waals surface area contributed by atoms with Crippen molar-refractivity contribution in [1.82, 2.24) is 30.0 Å². The van der Waals surface area contributed by atoms with Crippen molar-refractivity contribution in [3.8, 4) is 11.3 Å². The molecule has 1 unspecified atom stereocenters. The highest BCUT2D eigenvalue weighted by Gasteiger charge is 2.22. The molecule has 11 nitrogen and oxygen atoms in total. The van der Waals surface area contributed by atoms with Crippen LogP contribution in [0.2, 0.25) is 0 Å².